The number of likely N-dealkylation sites (tertiary alicyclic amines) is 1. The third kappa shape index (κ3) is 4.17. The first-order chi connectivity index (χ1) is 13.6. The van der Waals surface area contributed by atoms with Gasteiger partial charge >= 0.3 is 0 Å². The number of ether oxygens (including phenoxy) is 1. The molecule has 0 radical (unpaired) electrons. The Morgan fingerprint density at radius 1 is 0.929 bits per heavy atom. The summed E-state index contributed by atoms with van der Waals surface area (Å²) in [5.41, 5.74) is 2.63. The molecule has 1 aromatic heterocycles. The fourth-order valence-electron chi connectivity index (χ4n) is 3.44. The highest BCUT2D eigenvalue weighted by Gasteiger charge is 2.20. The van der Waals surface area contributed by atoms with E-state index in [0.717, 1.165) is 37.1 Å². The highest BCUT2D eigenvalue weighted by Crippen LogP contribution is 2.31. The van der Waals surface area contributed by atoms with Crippen LogP contribution in [-0.4, -0.2) is 41.1 Å². The van der Waals surface area contributed by atoms with E-state index in [9.17, 15) is 8.78 Å². The third-order valence-corrected chi connectivity index (χ3v) is 4.85. The average Bonchev–Trinajstić information content (AvgIpc) is 2.69. The van der Waals surface area contributed by atoms with Crippen LogP contribution in [0.1, 0.15) is 12.8 Å². The maximum Gasteiger partial charge on any atom is 0.233 e. The SMILES string of the molecule is CN1CCCC(Oc2cnc(-c3ccc(F)cc3)c(-c3ccc(F)cc3)n2)C1. The molecule has 6 heteroatoms. The van der Waals surface area contributed by atoms with E-state index in [1.165, 1.54) is 24.3 Å². The molecule has 0 bridgehead atoms. The predicted octanol–water partition coefficient (Wildman–Crippen LogP) is 4.56. The Morgan fingerprint density at radius 3 is 2.14 bits per heavy atom. The first kappa shape index (κ1) is 18.5. The summed E-state index contributed by atoms with van der Waals surface area (Å²) in [7, 11) is 2.07. The lowest BCUT2D eigenvalue weighted by molar-refractivity contribution is 0.0998. The van der Waals surface area contributed by atoms with Crippen molar-refractivity contribution in [1.82, 2.24) is 14.9 Å². The molecular formula is C22H21F2N3O. The van der Waals surface area contributed by atoms with Crippen molar-refractivity contribution >= 4 is 0 Å². The zero-order valence-electron chi connectivity index (χ0n) is 15.6. The van der Waals surface area contributed by atoms with E-state index in [0.29, 0.717) is 17.3 Å². The van der Waals surface area contributed by atoms with Crippen LogP contribution in [0, 0.1) is 11.6 Å². The van der Waals surface area contributed by atoms with Crippen molar-refractivity contribution in [2.75, 3.05) is 20.1 Å². The topological polar surface area (TPSA) is 38.2 Å². The summed E-state index contributed by atoms with van der Waals surface area (Å²) in [6.07, 6.45) is 3.70. The van der Waals surface area contributed by atoms with E-state index >= 15 is 0 Å². The van der Waals surface area contributed by atoms with Gasteiger partial charge in [-0.05, 0) is 75.0 Å². The van der Waals surface area contributed by atoms with Gasteiger partial charge < -0.3 is 9.64 Å². The summed E-state index contributed by atoms with van der Waals surface area (Å²) in [4.78, 5) is 11.4. The van der Waals surface area contributed by atoms with Gasteiger partial charge in [0.2, 0.25) is 5.88 Å². The van der Waals surface area contributed by atoms with Crippen molar-refractivity contribution in [3.8, 4) is 28.4 Å². The van der Waals surface area contributed by atoms with Gasteiger partial charge in [0, 0.05) is 17.7 Å². The van der Waals surface area contributed by atoms with E-state index in [4.69, 9.17) is 4.74 Å². The maximum atomic E-state index is 13.4. The summed E-state index contributed by atoms with van der Waals surface area (Å²) in [5, 5.41) is 0. The molecule has 3 aromatic rings. The predicted molar refractivity (Wildman–Crippen MR) is 104 cm³/mol. The van der Waals surface area contributed by atoms with Gasteiger partial charge in [0.15, 0.2) is 0 Å². The molecule has 0 saturated carbocycles. The fourth-order valence-corrected chi connectivity index (χ4v) is 3.44. The zero-order valence-corrected chi connectivity index (χ0v) is 15.6. The smallest absolute Gasteiger partial charge is 0.233 e. The Balaban J connectivity index is 1.71. The van der Waals surface area contributed by atoms with Gasteiger partial charge in [0.1, 0.15) is 23.4 Å². The van der Waals surface area contributed by atoms with Gasteiger partial charge in [-0.3, -0.25) is 0 Å². The third-order valence-electron chi connectivity index (χ3n) is 4.85. The number of benzene rings is 2. The van der Waals surface area contributed by atoms with Crippen molar-refractivity contribution in [2.24, 2.45) is 0 Å². The van der Waals surface area contributed by atoms with Crippen molar-refractivity contribution in [3.05, 3.63) is 66.4 Å². The standard InChI is InChI=1S/C22H21F2N3O/c1-27-12-2-3-19(14-27)28-20-13-25-21(15-4-8-17(23)9-5-15)22(26-20)16-6-10-18(24)11-7-16/h4-11,13,19H,2-3,12,14H2,1H3. The number of hydrogen-bond acceptors (Lipinski definition) is 4. The van der Waals surface area contributed by atoms with Crippen LogP contribution in [0.4, 0.5) is 8.78 Å². The number of piperidine rings is 1. The largest absolute Gasteiger partial charge is 0.472 e. The molecule has 0 aliphatic carbocycles. The summed E-state index contributed by atoms with van der Waals surface area (Å²) in [6.45, 7) is 1.91. The number of rotatable bonds is 4. The number of nitrogens with zero attached hydrogens (tertiary/aromatic N) is 3. The molecule has 1 fully saturated rings. The minimum Gasteiger partial charge on any atom is -0.472 e. The van der Waals surface area contributed by atoms with Gasteiger partial charge in [-0.2, -0.15) is 0 Å². The number of likely N-dealkylation sites (N-methyl/N-ethyl adjacent to an activating group) is 1. The molecule has 1 aliphatic rings. The highest BCUT2D eigenvalue weighted by atomic mass is 19.1. The normalized spacial score (nSPS) is 17.5. The van der Waals surface area contributed by atoms with Crippen LogP contribution in [0.25, 0.3) is 22.5 Å². The lowest BCUT2D eigenvalue weighted by atomic mass is 10.0. The number of aromatic nitrogens is 2. The highest BCUT2D eigenvalue weighted by molar-refractivity contribution is 5.78. The first-order valence-electron chi connectivity index (χ1n) is 9.32. The summed E-state index contributed by atoms with van der Waals surface area (Å²) in [5.74, 6) is -0.204. The van der Waals surface area contributed by atoms with Crippen molar-refractivity contribution in [2.45, 2.75) is 18.9 Å². The van der Waals surface area contributed by atoms with Crippen molar-refractivity contribution < 1.29 is 13.5 Å². The van der Waals surface area contributed by atoms with E-state index in [2.05, 4.69) is 21.9 Å². The Bertz CT molecular complexity index is 945. The minimum atomic E-state index is -0.322. The zero-order chi connectivity index (χ0) is 19.5. The summed E-state index contributed by atoms with van der Waals surface area (Å²) >= 11 is 0. The molecule has 1 unspecified atom stereocenters. The fraction of sp³-hybridized carbons (Fsp3) is 0.273. The van der Waals surface area contributed by atoms with Crippen LogP contribution in [0.2, 0.25) is 0 Å². The van der Waals surface area contributed by atoms with Crippen LogP contribution >= 0.6 is 0 Å². The van der Waals surface area contributed by atoms with E-state index in [1.807, 2.05) is 0 Å². The van der Waals surface area contributed by atoms with E-state index < -0.39 is 0 Å². The van der Waals surface area contributed by atoms with Gasteiger partial charge in [0.05, 0.1) is 11.9 Å². The van der Waals surface area contributed by atoms with E-state index in [1.54, 1.807) is 30.5 Å². The van der Waals surface area contributed by atoms with Gasteiger partial charge in [-0.25, -0.2) is 18.7 Å². The maximum absolute atomic E-state index is 13.4. The molecule has 28 heavy (non-hydrogen) atoms. The second-order valence-electron chi connectivity index (χ2n) is 7.06. The monoisotopic (exact) mass is 381 g/mol. The lowest BCUT2D eigenvalue weighted by Gasteiger charge is -2.29. The Kier molecular flexibility index (Phi) is 5.30. The minimum absolute atomic E-state index is 0.0609. The van der Waals surface area contributed by atoms with Crippen LogP contribution in [0.15, 0.2) is 54.7 Å². The molecule has 4 rings (SSSR count). The van der Waals surface area contributed by atoms with Crippen LogP contribution in [0.3, 0.4) is 0 Å². The quantitative estimate of drug-likeness (QED) is 0.664. The van der Waals surface area contributed by atoms with Crippen LogP contribution < -0.4 is 4.74 Å². The molecule has 4 nitrogen and oxygen atoms in total. The molecule has 1 aliphatic heterocycles. The molecule has 0 amide bonds. The summed E-state index contributed by atoms with van der Waals surface area (Å²) < 4.78 is 32.8. The molecule has 144 valence electrons. The summed E-state index contributed by atoms with van der Waals surface area (Å²) in [6, 6.07) is 12.2. The first-order valence-corrected chi connectivity index (χ1v) is 9.32. The lowest BCUT2D eigenvalue weighted by Crippen LogP contribution is -2.38. The van der Waals surface area contributed by atoms with Gasteiger partial charge in [-0.15, -0.1) is 0 Å². The molecule has 2 heterocycles. The molecule has 1 atom stereocenters. The molecule has 1 saturated heterocycles. The second-order valence-corrected chi connectivity index (χ2v) is 7.06. The average molecular weight is 381 g/mol. The molecule has 0 spiro atoms. The van der Waals surface area contributed by atoms with Gasteiger partial charge in [0.25, 0.3) is 0 Å². The van der Waals surface area contributed by atoms with Crippen LogP contribution in [0.5, 0.6) is 5.88 Å². The Hall–Kier alpha value is -2.86. The Morgan fingerprint density at radius 2 is 1.54 bits per heavy atom. The van der Waals surface area contributed by atoms with E-state index in [-0.39, 0.29) is 17.7 Å². The Labute approximate surface area is 162 Å². The molecule has 2 aromatic carbocycles. The molecular weight excluding hydrogens is 360 g/mol. The second kappa shape index (κ2) is 8.02. The van der Waals surface area contributed by atoms with Crippen molar-refractivity contribution in [3.63, 3.8) is 0 Å². The number of halogens is 2. The van der Waals surface area contributed by atoms with Crippen molar-refractivity contribution in [1.29, 1.82) is 0 Å². The van der Waals surface area contributed by atoms with Gasteiger partial charge in [-0.1, -0.05) is 0 Å². The van der Waals surface area contributed by atoms with Crippen LogP contribution in [-0.2, 0) is 0 Å². The number of hydrogen-bond donors (Lipinski definition) is 0. The molecule has 0 N–H and O–H groups in total.